The van der Waals surface area contributed by atoms with Gasteiger partial charge in [-0.1, -0.05) is 44.0 Å². The van der Waals surface area contributed by atoms with E-state index < -0.39 is 5.41 Å². The first kappa shape index (κ1) is 12.3. The van der Waals surface area contributed by atoms with Crippen LogP contribution in [0.2, 0.25) is 10.0 Å². The van der Waals surface area contributed by atoms with E-state index in [4.69, 9.17) is 23.2 Å². The predicted molar refractivity (Wildman–Crippen MR) is 61.9 cm³/mol. The van der Waals surface area contributed by atoms with Crippen LogP contribution in [-0.4, -0.2) is 10.9 Å². The van der Waals surface area contributed by atoms with Crippen molar-refractivity contribution in [3.8, 4) is 5.75 Å². The lowest BCUT2D eigenvalue weighted by Gasteiger charge is -2.17. The number of carbonyl (C=O) groups excluding carboxylic acids is 1. The third-order valence-electron chi connectivity index (χ3n) is 1.96. The summed E-state index contributed by atoms with van der Waals surface area (Å²) in [6.45, 7) is 5.43. The predicted octanol–water partition coefficient (Wildman–Crippen LogP) is 3.93. The van der Waals surface area contributed by atoms with Crippen LogP contribution in [0.4, 0.5) is 0 Å². The molecule has 0 heterocycles. The molecule has 0 fully saturated rings. The Morgan fingerprint density at radius 3 is 1.93 bits per heavy atom. The third kappa shape index (κ3) is 2.64. The molecule has 0 saturated heterocycles. The monoisotopic (exact) mass is 246 g/mol. The summed E-state index contributed by atoms with van der Waals surface area (Å²) in [6.07, 6.45) is 0. The van der Waals surface area contributed by atoms with Gasteiger partial charge in [0.2, 0.25) is 0 Å². The minimum Gasteiger partial charge on any atom is -0.505 e. The van der Waals surface area contributed by atoms with Crippen molar-refractivity contribution in [2.24, 2.45) is 5.41 Å². The Morgan fingerprint density at radius 1 is 1.20 bits per heavy atom. The maximum atomic E-state index is 11.9. The average Bonchev–Trinajstić information content (AvgIpc) is 2.10. The number of hydrogen-bond donors (Lipinski definition) is 1. The molecular weight excluding hydrogens is 235 g/mol. The molecule has 0 saturated carbocycles. The van der Waals surface area contributed by atoms with Gasteiger partial charge in [0.15, 0.2) is 11.5 Å². The van der Waals surface area contributed by atoms with Crippen LogP contribution in [0.1, 0.15) is 31.1 Å². The fourth-order valence-corrected chi connectivity index (χ4v) is 1.62. The highest BCUT2D eigenvalue weighted by Gasteiger charge is 2.24. The Hall–Kier alpha value is -0.730. The SMILES string of the molecule is CC(C)(C)C(=O)c1cc(Cl)c(O)c(Cl)c1. The first-order valence-electron chi connectivity index (χ1n) is 4.46. The van der Waals surface area contributed by atoms with Crippen LogP contribution in [0.5, 0.6) is 5.75 Å². The first-order valence-corrected chi connectivity index (χ1v) is 5.22. The Morgan fingerprint density at radius 2 is 1.60 bits per heavy atom. The first-order chi connectivity index (χ1) is 6.73. The molecule has 0 aliphatic carbocycles. The molecule has 1 aromatic carbocycles. The number of ketones is 1. The van der Waals surface area contributed by atoms with Crippen molar-refractivity contribution in [1.29, 1.82) is 0 Å². The van der Waals surface area contributed by atoms with E-state index in [-0.39, 0.29) is 21.6 Å². The van der Waals surface area contributed by atoms with Gasteiger partial charge in [-0.25, -0.2) is 0 Å². The number of Topliss-reactive ketones (excluding diaryl/α,β-unsaturated/α-hetero) is 1. The number of phenols is 1. The molecule has 0 aliphatic rings. The van der Waals surface area contributed by atoms with Crippen molar-refractivity contribution in [2.45, 2.75) is 20.8 Å². The van der Waals surface area contributed by atoms with Crippen molar-refractivity contribution in [2.75, 3.05) is 0 Å². The van der Waals surface area contributed by atoms with E-state index in [0.717, 1.165) is 0 Å². The van der Waals surface area contributed by atoms with Crippen LogP contribution < -0.4 is 0 Å². The van der Waals surface area contributed by atoms with E-state index in [1.807, 2.05) is 20.8 Å². The van der Waals surface area contributed by atoms with E-state index in [2.05, 4.69) is 0 Å². The molecule has 0 unspecified atom stereocenters. The summed E-state index contributed by atoms with van der Waals surface area (Å²) in [6, 6.07) is 2.85. The van der Waals surface area contributed by atoms with Gasteiger partial charge < -0.3 is 5.11 Å². The van der Waals surface area contributed by atoms with E-state index in [1.54, 1.807) is 0 Å². The van der Waals surface area contributed by atoms with Gasteiger partial charge in [-0.15, -0.1) is 0 Å². The number of benzene rings is 1. The van der Waals surface area contributed by atoms with Gasteiger partial charge in [-0.2, -0.15) is 0 Å². The molecule has 0 atom stereocenters. The highest BCUT2D eigenvalue weighted by Crippen LogP contribution is 2.34. The lowest BCUT2D eigenvalue weighted by Crippen LogP contribution is -2.20. The molecule has 82 valence electrons. The summed E-state index contributed by atoms with van der Waals surface area (Å²) >= 11 is 11.5. The molecule has 4 heteroatoms. The topological polar surface area (TPSA) is 37.3 Å². The minimum atomic E-state index is -0.496. The quantitative estimate of drug-likeness (QED) is 0.763. The van der Waals surface area contributed by atoms with Crippen molar-refractivity contribution >= 4 is 29.0 Å². The van der Waals surface area contributed by atoms with E-state index >= 15 is 0 Å². The second-order valence-corrected chi connectivity index (χ2v) is 5.18. The molecule has 15 heavy (non-hydrogen) atoms. The lowest BCUT2D eigenvalue weighted by atomic mass is 9.86. The summed E-state index contributed by atoms with van der Waals surface area (Å²) in [4.78, 5) is 11.9. The molecule has 0 spiro atoms. The van der Waals surface area contributed by atoms with Crippen LogP contribution in [0.15, 0.2) is 12.1 Å². The Kier molecular flexibility index (Phi) is 3.31. The second-order valence-electron chi connectivity index (χ2n) is 4.37. The molecular formula is C11H12Cl2O2. The summed E-state index contributed by atoms with van der Waals surface area (Å²) in [5, 5.41) is 9.53. The zero-order chi connectivity index (χ0) is 11.8. The van der Waals surface area contributed by atoms with Crippen LogP contribution >= 0.6 is 23.2 Å². The molecule has 0 aliphatic heterocycles. The number of rotatable bonds is 1. The van der Waals surface area contributed by atoms with Crippen molar-refractivity contribution in [3.05, 3.63) is 27.7 Å². The van der Waals surface area contributed by atoms with Crippen molar-refractivity contribution in [3.63, 3.8) is 0 Å². The van der Waals surface area contributed by atoms with Crippen molar-refractivity contribution < 1.29 is 9.90 Å². The van der Waals surface area contributed by atoms with Gasteiger partial charge in [-0.05, 0) is 12.1 Å². The van der Waals surface area contributed by atoms with Crippen LogP contribution in [0.3, 0.4) is 0 Å². The van der Waals surface area contributed by atoms with Gasteiger partial charge >= 0.3 is 0 Å². The highest BCUT2D eigenvalue weighted by atomic mass is 35.5. The maximum absolute atomic E-state index is 11.9. The van der Waals surface area contributed by atoms with Crippen LogP contribution in [-0.2, 0) is 0 Å². The Bertz CT molecular complexity index is 383. The van der Waals surface area contributed by atoms with Gasteiger partial charge in [0.05, 0.1) is 10.0 Å². The summed E-state index contributed by atoms with van der Waals surface area (Å²) in [5.41, 5.74) is -0.0841. The number of halogens is 2. The van der Waals surface area contributed by atoms with Crippen molar-refractivity contribution in [1.82, 2.24) is 0 Å². The molecule has 0 aromatic heterocycles. The van der Waals surface area contributed by atoms with E-state index in [0.29, 0.717) is 5.56 Å². The number of hydrogen-bond acceptors (Lipinski definition) is 2. The second kappa shape index (κ2) is 4.03. The average molecular weight is 247 g/mol. The van der Waals surface area contributed by atoms with E-state index in [1.165, 1.54) is 12.1 Å². The molecule has 1 N–H and O–H groups in total. The summed E-state index contributed by atoms with van der Waals surface area (Å²) in [7, 11) is 0. The minimum absolute atomic E-state index is 0.0636. The Balaban J connectivity index is 3.24. The smallest absolute Gasteiger partial charge is 0.168 e. The molecule has 0 bridgehead atoms. The highest BCUT2D eigenvalue weighted by molar-refractivity contribution is 6.37. The normalized spacial score (nSPS) is 11.5. The molecule has 1 rings (SSSR count). The molecule has 0 amide bonds. The van der Waals surface area contributed by atoms with Crippen LogP contribution in [0.25, 0.3) is 0 Å². The van der Waals surface area contributed by atoms with E-state index in [9.17, 15) is 9.90 Å². The summed E-state index contributed by atoms with van der Waals surface area (Å²) in [5.74, 6) is -0.255. The van der Waals surface area contributed by atoms with Gasteiger partial charge in [-0.3, -0.25) is 4.79 Å². The zero-order valence-electron chi connectivity index (χ0n) is 8.77. The van der Waals surface area contributed by atoms with Gasteiger partial charge in [0.25, 0.3) is 0 Å². The molecule has 2 nitrogen and oxygen atoms in total. The standard InChI is InChI=1S/C11H12Cl2O2/c1-11(2,3)10(15)6-4-7(12)9(14)8(13)5-6/h4-5,14H,1-3H3. The zero-order valence-corrected chi connectivity index (χ0v) is 10.3. The number of phenolic OH excluding ortho intramolecular Hbond substituents is 1. The van der Waals surface area contributed by atoms with Crippen LogP contribution in [0, 0.1) is 5.41 Å². The lowest BCUT2D eigenvalue weighted by molar-refractivity contribution is 0.0858. The molecule has 0 radical (unpaired) electrons. The number of carbonyl (C=O) groups is 1. The number of aromatic hydroxyl groups is 1. The van der Waals surface area contributed by atoms with Gasteiger partial charge in [0.1, 0.15) is 0 Å². The van der Waals surface area contributed by atoms with Gasteiger partial charge in [0, 0.05) is 11.0 Å². The fourth-order valence-electron chi connectivity index (χ4n) is 1.13. The maximum Gasteiger partial charge on any atom is 0.168 e. The molecule has 1 aromatic rings. The largest absolute Gasteiger partial charge is 0.505 e. The third-order valence-corrected chi connectivity index (χ3v) is 2.54. The Labute approximate surface area is 98.8 Å². The summed E-state index contributed by atoms with van der Waals surface area (Å²) < 4.78 is 0. The fraction of sp³-hybridized carbons (Fsp3) is 0.364.